The highest BCUT2D eigenvalue weighted by Gasteiger charge is 2.34. The molecule has 0 aliphatic carbocycles. The molecule has 128 valence electrons. The molecule has 1 aromatic carbocycles. The number of thioether (sulfide) groups is 2. The summed E-state index contributed by atoms with van der Waals surface area (Å²) in [5.41, 5.74) is 2.54. The van der Waals surface area contributed by atoms with Crippen molar-refractivity contribution in [2.24, 2.45) is 0 Å². The van der Waals surface area contributed by atoms with Gasteiger partial charge in [-0.1, -0.05) is 23.9 Å². The van der Waals surface area contributed by atoms with Gasteiger partial charge in [-0.05, 0) is 18.6 Å². The van der Waals surface area contributed by atoms with Crippen molar-refractivity contribution >= 4 is 35.3 Å². The van der Waals surface area contributed by atoms with Crippen molar-refractivity contribution in [3.8, 4) is 0 Å². The molecule has 0 spiro atoms. The van der Waals surface area contributed by atoms with Crippen molar-refractivity contribution in [2.75, 3.05) is 12.3 Å². The molecule has 2 aliphatic heterocycles. The molecule has 1 aromatic heterocycles. The molecule has 8 heteroatoms. The first-order valence-electron chi connectivity index (χ1n) is 7.93. The highest BCUT2D eigenvalue weighted by Crippen LogP contribution is 2.27. The summed E-state index contributed by atoms with van der Waals surface area (Å²) in [4.78, 5) is 45.1. The van der Waals surface area contributed by atoms with Crippen LogP contribution in [0.2, 0.25) is 0 Å². The molecule has 0 unspecified atom stereocenters. The summed E-state index contributed by atoms with van der Waals surface area (Å²) >= 11 is 3.14. The summed E-state index contributed by atoms with van der Waals surface area (Å²) in [5.74, 6) is 1.71. The smallest absolute Gasteiger partial charge is 0.261 e. The van der Waals surface area contributed by atoms with E-state index in [1.807, 2.05) is 0 Å². The Morgan fingerprint density at radius 2 is 1.84 bits per heavy atom. The predicted molar refractivity (Wildman–Crippen MR) is 97.0 cm³/mol. The van der Waals surface area contributed by atoms with Gasteiger partial charge in [0.1, 0.15) is 0 Å². The minimum Gasteiger partial charge on any atom is -0.301 e. The van der Waals surface area contributed by atoms with Crippen LogP contribution in [0.3, 0.4) is 0 Å². The maximum atomic E-state index is 12.3. The number of hydrogen-bond donors (Lipinski definition) is 1. The van der Waals surface area contributed by atoms with Gasteiger partial charge in [-0.25, -0.2) is 4.98 Å². The minimum atomic E-state index is -0.230. The largest absolute Gasteiger partial charge is 0.301 e. The van der Waals surface area contributed by atoms with Crippen LogP contribution in [0.5, 0.6) is 0 Å². The SMILES string of the molecule is O=C1c2ccccc2C(=O)N1CCCSc1nc2c(c(=O)[nH]1)CSC2. The third-order valence-electron chi connectivity index (χ3n) is 4.21. The summed E-state index contributed by atoms with van der Waals surface area (Å²) in [6.07, 6.45) is 0.645. The fourth-order valence-corrected chi connectivity index (χ4v) is 4.78. The molecule has 0 saturated heterocycles. The van der Waals surface area contributed by atoms with Crippen LogP contribution in [0.25, 0.3) is 0 Å². The van der Waals surface area contributed by atoms with E-state index in [1.165, 1.54) is 16.7 Å². The Morgan fingerprint density at radius 3 is 2.56 bits per heavy atom. The van der Waals surface area contributed by atoms with Gasteiger partial charge in [0.05, 0.1) is 16.8 Å². The molecule has 3 heterocycles. The van der Waals surface area contributed by atoms with Crippen molar-refractivity contribution in [3.05, 3.63) is 57.0 Å². The third kappa shape index (κ3) is 3.00. The number of aromatic amines is 1. The van der Waals surface area contributed by atoms with Crippen molar-refractivity contribution in [1.29, 1.82) is 0 Å². The fraction of sp³-hybridized carbons (Fsp3) is 0.294. The molecule has 0 saturated carbocycles. The highest BCUT2D eigenvalue weighted by atomic mass is 32.2. The van der Waals surface area contributed by atoms with Gasteiger partial charge in [-0.3, -0.25) is 19.3 Å². The molecular weight excluding hydrogens is 358 g/mol. The summed E-state index contributed by atoms with van der Waals surface area (Å²) in [6.45, 7) is 0.365. The van der Waals surface area contributed by atoms with Crippen LogP contribution < -0.4 is 5.56 Å². The van der Waals surface area contributed by atoms with Crippen LogP contribution in [-0.2, 0) is 11.5 Å². The maximum absolute atomic E-state index is 12.3. The number of carbonyl (C=O) groups is 2. The Balaban J connectivity index is 1.35. The van der Waals surface area contributed by atoms with Gasteiger partial charge < -0.3 is 4.98 Å². The molecular formula is C17H15N3O3S2. The molecule has 6 nitrogen and oxygen atoms in total. The number of nitrogens with one attached hydrogen (secondary N) is 1. The first-order chi connectivity index (χ1) is 12.1. The van der Waals surface area contributed by atoms with Crippen LogP contribution in [0, 0.1) is 0 Å². The monoisotopic (exact) mass is 373 g/mol. The summed E-state index contributed by atoms with van der Waals surface area (Å²) < 4.78 is 0. The van der Waals surface area contributed by atoms with Gasteiger partial charge >= 0.3 is 0 Å². The molecule has 4 rings (SSSR count). The number of hydrogen-bond acceptors (Lipinski definition) is 6. The van der Waals surface area contributed by atoms with E-state index in [1.54, 1.807) is 36.0 Å². The highest BCUT2D eigenvalue weighted by molar-refractivity contribution is 7.99. The summed E-state index contributed by atoms with van der Waals surface area (Å²) in [6, 6.07) is 6.89. The average molecular weight is 373 g/mol. The van der Waals surface area contributed by atoms with E-state index < -0.39 is 0 Å². The van der Waals surface area contributed by atoms with E-state index in [0.717, 1.165) is 22.8 Å². The number of nitrogens with zero attached hydrogens (tertiary/aromatic N) is 2. The number of imide groups is 1. The van der Waals surface area contributed by atoms with E-state index in [4.69, 9.17) is 0 Å². The number of carbonyl (C=O) groups excluding carboxylic acids is 2. The van der Waals surface area contributed by atoms with Crippen molar-refractivity contribution in [1.82, 2.24) is 14.9 Å². The Bertz CT molecular complexity index is 891. The third-order valence-corrected chi connectivity index (χ3v) is 6.14. The topological polar surface area (TPSA) is 83.1 Å². The van der Waals surface area contributed by atoms with Gasteiger partial charge in [-0.15, -0.1) is 0 Å². The average Bonchev–Trinajstić information content (AvgIpc) is 3.18. The van der Waals surface area contributed by atoms with Gasteiger partial charge in [0.15, 0.2) is 5.16 Å². The first kappa shape index (κ1) is 16.4. The van der Waals surface area contributed by atoms with E-state index in [2.05, 4.69) is 9.97 Å². The molecule has 0 bridgehead atoms. The Kier molecular flexibility index (Phi) is 4.39. The number of fused-ring (bicyclic) bond motifs is 2. The van der Waals surface area contributed by atoms with Crippen LogP contribution in [0.1, 0.15) is 38.4 Å². The minimum absolute atomic E-state index is 0.0575. The lowest BCUT2D eigenvalue weighted by molar-refractivity contribution is 0.0655. The Hall–Kier alpha value is -2.06. The molecule has 2 aliphatic rings. The number of benzene rings is 1. The fourth-order valence-electron chi connectivity index (χ4n) is 2.94. The molecule has 0 fully saturated rings. The Labute approximate surface area is 152 Å². The molecule has 25 heavy (non-hydrogen) atoms. The molecule has 2 aromatic rings. The molecule has 1 N–H and O–H groups in total. The predicted octanol–water partition coefficient (Wildman–Crippen LogP) is 2.30. The maximum Gasteiger partial charge on any atom is 0.261 e. The number of amides is 2. The van der Waals surface area contributed by atoms with Gasteiger partial charge in [0.25, 0.3) is 17.4 Å². The lowest BCUT2D eigenvalue weighted by Gasteiger charge is -2.13. The molecule has 2 amide bonds. The van der Waals surface area contributed by atoms with Crippen LogP contribution in [0.4, 0.5) is 0 Å². The second-order valence-corrected chi connectivity index (χ2v) is 7.87. The lowest BCUT2D eigenvalue weighted by atomic mass is 10.1. The van der Waals surface area contributed by atoms with Crippen molar-refractivity contribution < 1.29 is 9.59 Å². The van der Waals surface area contributed by atoms with Gasteiger partial charge in [0.2, 0.25) is 0 Å². The zero-order chi connectivity index (χ0) is 17.4. The quantitative estimate of drug-likeness (QED) is 0.375. The van der Waals surface area contributed by atoms with Gasteiger partial charge in [-0.2, -0.15) is 11.8 Å². The molecule has 0 radical (unpaired) electrons. The second kappa shape index (κ2) is 6.68. The van der Waals surface area contributed by atoms with Crippen LogP contribution in [-0.4, -0.2) is 39.0 Å². The normalized spacial score (nSPS) is 15.6. The van der Waals surface area contributed by atoms with Crippen LogP contribution in [0.15, 0.2) is 34.2 Å². The zero-order valence-electron chi connectivity index (χ0n) is 13.3. The van der Waals surface area contributed by atoms with E-state index in [0.29, 0.717) is 35.0 Å². The zero-order valence-corrected chi connectivity index (χ0v) is 14.9. The first-order valence-corrected chi connectivity index (χ1v) is 10.1. The van der Waals surface area contributed by atoms with Crippen molar-refractivity contribution in [3.63, 3.8) is 0 Å². The van der Waals surface area contributed by atoms with Crippen molar-refractivity contribution in [2.45, 2.75) is 23.1 Å². The van der Waals surface area contributed by atoms with E-state index in [-0.39, 0.29) is 17.4 Å². The van der Waals surface area contributed by atoms with E-state index >= 15 is 0 Å². The summed E-state index contributed by atoms with van der Waals surface area (Å²) in [7, 11) is 0. The lowest BCUT2D eigenvalue weighted by Crippen LogP contribution is -2.31. The standard InChI is InChI=1S/C17H15N3O3S2/c21-14-12-8-24-9-13(12)18-17(19-14)25-7-3-6-20-15(22)10-4-1-2-5-11(10)16(20)23/h1-2,4-5H,3,6-9H2,(H,18,19,21). The Morgan fingerprint density at radius 1 is 1.12 bits per heavy atom. The number of H-pyrrole nitrogens is 1. The van der Waals surface area contributed by atoms with Gasteiger partial charge in [0, 0.05) is 29.4 Å². The number of aromatic nitrogens is 2. The second-order valence-electron chi connectivity index (χ2n) is 5.80. The summed E-state index contributed by atoms with van der Waals surface area (Å²) in [5, 5.41) is 0.605. The van der Waals surface area contributed by atoms with E-state index in [9.17, 15) is 14.4 Å². The number of rotatable bonds is 5. The molecule has 0 atom stereocenters. The van der Waals surface area contributed by atoms with Crippen LogP contribution >= 0.6 is 23.5 Å².